The highest BCUT2D eigenvalue weighted by Crippen LogP contribution is 2.52. The Morgan fingerprint density at radius 2 is 1.36 bits per heavy atom. The van der Waals surface area contributed by atoms with E-state index in [4.69, 9.17) is 4.74 Å². The molecule has 3 aromatic rings. The number of halogens is 2. The summed E-state index contributed by atoms with van der Waals surface area (Å²) in [5.41, 5.74) is 1.63. The van der Waals surface area contributed by atoms with Crippen molar-refractivity contribution in [1.29, 1.82) is 0 Å². The minimum Gasteiger partial charge on any atom is -0.478 e. The maximum atomic E-state index is 14.1. The maximum absolute atomic E-state index is 14.1. The fraction of sp³-hybridized carbons (Fsp3) is 0.429. The van der Waals surface area contributed by atoms with E-state index in [0.29, 0.717) is 5.56 Å². The molecule has 6 rings (SSSR count). The third-order valence-electron chi connectivity index (χ3n) is 10.3. The third-order valence-corrected chi connectivity index (χ3v) is 15.6. The summed E-state index contributed by atoms with van der Waals surface area (Å²) in [5, 5.41) is 12.4. The van der Waals surface area contributed by atoms with Gasteiger partial charge in [-0.1, -0.05) is 31.4 Å². The van der Waals surface area contributed by atoms with Crippen molar-refractivity contribution in [2.45, 2.75) is 71.1 Å². The molecule has 9 heteroatoms. The van der Waals surface area contributed by atoms with Crippen LogP contribution in [0.2, 0.25) is 12.1 Å². The van der Waals surface area contributed by atoms with E-state index in [0.717, 1.165) is 79.7 Å². The van der Waals surface area contributed by atoms with E-state index in [1.807, 2.05) is 0 Å². The minimum atomic E-state index is -3.05. The number of hydrogen-bond acceptors (Lipinski definition) is 5. The Morgan fingerprint density at radius 3 is 1.82 bits per heavy atom. The number of nitrogens with zero attached hydrogens (tertiary/aromatic N) is 2. The smallest absolute Gasteiger partial charge is 0.340 e. The number of aromatic carboxylic acids is 1. The Hall–Kier alpha value is -3.72. The standard InChI is InChI=1S/C35H40F2N2O4Si/c1-5-38(6-2)22-12-14-27-30(18-22)44(16-10-9-11-17-44)31-19-23(39(7-3)8-4)13-15-28(31)35(27)29-21-25(33(40)41)24(32(36)37)20-26(29)34(42)43-35/h12-15,18-21,32H,5-11,16-17H2,1-4H3,(H,40,41). The number of fused-ring (bicyclic) bond motifs is 8. The Labute approximate surface area is 258 Å². The lowest BCUT2D eigenvalue weighted by atomic mass is 9.78. The molecule has 0 bridgehead atoms. The van der Waals surface area contributed by atoms with Crippen molar-refractivity contribution in [3.63, 3.8) is 0 Å². The monoisotopic (exact) mass is 618 g/mol. The zero-order valence-electron chi connectivity index (χ0n) is 25.9. The molecule has 232 valence electrons. The second-order valence-corrected chi connectivity index (χ2v) is 16.4. The van der Waals surface area contributed by atoms with E-state index >= 15 is 0 Å². The highest BCUT2D eigenvalue weighted by Gasteiger charge is 2.59. The van der Waals surface area contributed by atoms with Gasteiger partial charge in [0.2, 0.25) is 0 Å². The molecular weight excluding hydrogens is 578 g/mol. The number of alkyl halides is 2. The first-order valence-corrected chi connectivity index (χ1v) is 18.3. The van der Waals surface area contributed by atoms with Gasteiger partial charge in [-0.05, 0) is 86.6 Å². The first kappa shape index (κ1) is 30.3. The van der Waals surface area contributed by atoms with Crippen molar-refractivity contribution >= 4 is 41.8 Å². The third kappa shape index (κ3) is 4.30. The summed E-state index contributed by atoms with van der Waals surface area (Å²) in [4.78, 5) is 30.6. The molecule has 2 spiro atoms. The molecule has 1 N–H and O–H groups in total. The van der Waals surface area contributed by atoms with E-state index in [2.05, 4.69) is 73.9 Å². The van der Waals surface area contributed by atoms with Gasteiger partial charge >= 0.3 is 11.9 Å². The van der Waals surface area contributed by atoms with Gasteiger partial charge in [0.25, 0.3) is 6.43 Å². The Morgan fingerprint density at radius 1 is 0.841 bits per heavy atom. The summed E-state index contributed by atoms with van der Waals surface area (Å²) in [7, 11) is -2.40. The van der Waals surface area contributed by atoms with Crippen molar-refractivity contribution in [3.05, 3.63) is 81.9 Å². The summed E-state index contributed by atoms with van der Waals surface area (Å²) in [6, 6.07) is 17.3. The van der Waals surface area contributed by atoms with Crippen LogP contribution in [-0.4, -0.2) is 51.3 Å². The number of ether oxygens (including phenoxy) is 1. The molecule has 0 aromatic heterocycles. The predicted molar refractivity (Wildman–Crippen MR) is 172 cm³/mol. The van der Waals surface area contributed by atoms with Gasteiger partial charge in [-0.25, -0.2) is 18.4 Å². The molecule has 0 amide bonds. The first-order chi connectivity index (χ1) is 21.2. The molecule has 1 fully saturated rings. The summed E-state index contributed by atoms with van der Waals surface area (Å²) >= 11 is 0. The van der Waals surface area contributed by atoms with Gasteiger partial charge in [-0.2, -0.15) is 0 Å². The lowest BCUT2D eigenvalue weighted by molar-refractivity contribution is 0.0255. The molecular formula is C35H40F2N2O4Si. The van der Waals surface area contributed by atoms with Gasteiger partial charge in [-0.15, -0.1) is 0 Å². The zero-order valence-corrected chi connectivity index (χ0v) is 26.9. The van der Waals surface area contributed by atoms with Gasteiger partial charge in [0, 0.05) is 59.8 Å². The number of carbonyl (C=O) groups excluding carboxylic acids is 1. The quantitative estimate of drug-likeness (QED) is 0.229. The van der Waals surface area contributed by atoms with Crippen LogP contribution in [0.4, 0.5) is 20.2 Å². The first-order valence-electron chi connectivity index (χ1n) is 15.9. The number of rotatable bonds is 8. The summed E-state index contributed by atoms with van der Waals surface area (Å²) in [6.45, 7) is 11.9. The molecule has 3 aliphatic heterocycles. The molecule has 3 aliphatic rings. The Kier molecular flexibility index (Phi) is 7.80. The zero-order chi connectivity index (χ0) is 31.4. The van der Waals surface area contributed by atoms with Gasteiger partial charge < -0.3 is 19.6 Å². The maximum Gasteiger partial charge on any atom is 0.340 e. The predicted octanol–water partition coefficient (Wildman–Crippen LogP) is 6.54. The largest absolute Gasteiger partial charge is 0.478 e. The molecule has 44 heavy (non-hydrogen) atoms. The molecule has 0 radical (unpaired) electrons. The highest BCUT2D eigenvalue weighted by molar-refractivity contribution is 7.03. The number of carbonyl (C=O) groups is 2. The van der Waals surface area contributed by atoms with Crippen LogP contribution in [0.3, 0.4) is 0 Å². The van der Waals surface area contributed by atoms with Crippen LogP contribution in [0.1, 0.15) is 96.4 Å². The van der Waals surface area contributed by atoms with Crippen LogP contribution in [0.25, 0.3) is 0 Å². The number of carboxylic acid groups (broad SMARTS) is 1. The number of benzene rings is 3. The Bertz CT molecular complexity index is 1560. The van der Waals surface area contributed by atoms with Gasteiger partial charge in [0.05, 0.1) is 11.1 Å². The summed E-state index contributed by atoms with van der Waals surface area (Å²) in [6.07, 6.45) is 0.348. The molecule has 0 atom stereocenters. The second-order valence-electron chi connectivity index (χ2n) is 12.1. The van der Waals surface area contributed by atoms with Crippen LogP contribution in [0, 0.1) is 0 Å². The summed E-state index contributed by atoms with van der Waals surface area (Å²) < 4.78 is 34.6. The van der Waals surface area contributed by atoms with E-state index in [-0.39, 0.29) is 5.56 Å². The van der Waals surface area contributed by atoms with Crippen LogP contribution in [-0.2, 0) is 10.3 Å². The minimum absolute atomic E-state index is 0.00380. The fourth-order valence-electron chi connectivity index (χ4n) is 8.12. The van der Waals surface area contributed by atoms with Crippen molar-refractivity contribution in [1.82, 2.24) is 0 Å². The number of hydrogen-bond donors (Lipinski definition) is 1. The normalized spacial score (nSPS) is 17.3. The second kappa shape index (κ2) is 11.3. The topological polar surface area (TPSA) is 70.1 Å². The van der Waals surface area contributed by atoms with Crippen LogP contribution in [0.15, 0.2) is 48.5 Å². The van der Waals surface area contributed by atoms with Crippen LogP contribution >= 0.6 is 0 Å². The van der Waals surface area contributed by atoms with Gasteiger partial charge in [0.15, 0.2) is 5.60 Å². The fourth-order valence-corrected chi connectivity index (χ4v) is 13.8. The molecule has 6 nitrogen and oxygen atoms in total. The number of carboxylic acids is 1. The molecule has 0 saturated carbocycles. The van der Waals surface area contributed by atoms with Crippen LogP contribution < -0.4 is 20.2 Å². The SMILES string of the molecule is CCN(CC)c1ccc2c(c1)[Si]1(CCCCC1)c1cc(N(CC)CC)ccc1C21OC(=O)c2cc(C(F)F)c(C(=O)O)cc21. The van der Waals surface area contributed by atoms with Gasteiger partial charge in [0.1, 0.15) is 8.07 Å². The van der Waals surface area contributed by atoms with Crippen molar-refractivity contribution in [3.8, 4) is 0 Å². The Balaban J connectivity index is 1.74. The number of esters is 1. The molecule has 0 unspecified atom stereocenters. The summed E-state index contributed by atoms with van der Waals surface area (Å²) in [5.74, 6) is -2.17. The van der Waals surface area contributed by atoms with Crippen molar-refractivity contribution in [2.24, 2.45) is 0 Å². The van der Waals surface area contributed by atoms with Crippen molar-refractivity contribution in [2.75, 3.05) is 36.0 Å². The number of anilines is 2. The average Bonchev–Trinajstić information content (AvgIpc) is 3.32. The molecule has 3 aromatic carbocycles. The van der Waals surface area contributed by atoms with Crippen LogP contribution in [0.5, 0.6) is 0 Å². The lowest BCUT2D eigenvalue weighted by Gasteiger charge is -2.48. The lowest BCUT2D eigenvalue weighted by Crippen LogP contribution is -2.67. The molecule has 0 aliphatic carbocycles. The van der Waals surface area contributed by atoms with Gasteiger partial charge in [-0.3, -0.25) is 0 Å². The van der Waals surface area contributed by atoms with E-state index in [1.165, 1.54) is 22.9 Å². The van der Waals surface area contributed by atoms with E-state index in [9.17, 15) is 23.5 Å². The van der Waals surface area contributed by atoms with Crippen molar-refractivity contribution < 1.29 is 28.2 Å². The van der Waals surface area contributed by atoms with E-state index < -0.39 is 43.2 Å². The molecule has 1 saturated heterocycles. The average molecular weight is 619 g/mol. The highest BCUT2D eigenvalue weighted by atomic mass is 28.3. The van der Waals surface area contributed by atoms with E-state index in [1.54, 1.807) is 0 Å². The molecule has 3 heterocycles.